The number of oxime groups is 1. The molecule has 0 fully saturated rings. The van der Waals surface area contributed by atoms with Crippen LogP contribution < -0.4 is 0 Å². The average molecular weight is 420 g/mol. The Hall–Kier alpha value is -2.52. The summed E-state index contributed by atoms with van der Waals surface area (Å²) in [7, 11) is 1.03. The molecule has 8 nitrogen and oxygen atoms in total. The van der Waals surface area contributed by atoms with Crippen LogP contribution in [-0.4, -0.2) is 57.8 Å². The van der Waals surface area contributed by atoms with E-state index < -0.39 is 15.6 Å². The predicted molar refractivity (Wildman–Crippen MR) is 106 cm³/mol. The second-order valence-corrected chi connectivity index (χ2v) is 9.09. The second-order valence-electron chi connectivity index (χ2n) is 7.01. The number of hydroxylamine groups is 2. The summed E-state index contributed by atoms with van der Waals surface area (Å²) in [6.45, 7) is 1.67. The normalized spacial score (nSPS) is 19.9. The molecule has 29 heavy (non-hydrogen) atoms. The first kappa shape index (κ1) is 21.2. The van der Waals surface area contributed by atoms with E-state index in [9.17, 15) is 18.0 Å². The van der Waals surface area contributed by atoms with Gasteiger partial charge in [0.1, 0.15) is 7.11 Å². The number of carbonyl (C=O) groups is 2. The number of hydrogen-bond acceptors (Lipinski definition) is 8. The summed E-state index contributed by atoms with van der Waals surface area (Å²) >= 11 is 0. The Kier molecular flexibility index (Phi) is 5.90. The van der Waals surface area contributed by atoms with Gasteiger partial charge in [0.05, 0.1) is 34.7 Å². The zero-order valence-corrected chi connectivity index (χ0v) is 17.8. The van der Waals surface area contributed by atoms with E-state index in [-0.39, 0.29) is 40.4 Å². The summed E-state index contributed by atoms with van der Waals surface area (Å²) in [5, 5.41) is 5.40. The smallest absolute Gasteiger partial charge is 0.198 e. The van der Waals surface area contributed by atoms with Crippen LogP contribution in [0.1, 0.15) is 47.2 Å². The Labute approximate surface area is 170 Å². The first-order chi connectivity index (χ1) is 13.7. The maximum absolute atomic E-state index is 13.4. The molecule has 0 bridgehead atoms. The lowest BCUT2D eigenvalue weighted by Gasteiger charge is -2.27. The van der Waals surface area contributed by atoms with Gasteiger partial charge in [0.25, 0.3) is 0 Å². The molecule has 0 N–H and O–H groups in total. The van der Waals surface area contributed by atoms with Crippen LogP contribution in [0.15, 0.2) is 33.5 Å². The molecule has 1 aromatic carbocycles. The number of Topliss-reactive ketones (excluding diaryl/α,β-unsaturated/α-hetero) is 2. The molecule has 9 heteroatoms. The molecule has 0 radical (unpaired) electrons. The van der Waals surface area contributed by atoms with E-state index in [0.29, 0.717) is 35.4 Å². The van der Waals surface area contributed by atoms with Crippen molar-refractivity contribution in [2.75, 3.05) is 27.0 Å². The Morgan fingerprint density at radius 3 is 2.55 bits per heavy atom. The van der Waals surface area contributed by atoms with Gasteiger partial charge in [-0.15, -0.1) is 0 Å². The molecular formula is C20H24N2O6S. The quantitative estimate of drug-likeness (QED) is 0.409. The lowest BCUT2D eigenvalue weighted by Crippen LogP contribution is -2.29. The Balaban J connectivity index is 2.21. The maximum Gasteiger partial charge on any atom is 0.198 e. The van der Waals surface area contributed by atoms with Gasteiger partial charge in [-0.1, -0.05) is 5.16 Å². The van der Waals surface area contributed by atoms with Crippen LogP contribution in [0.5, 0.6) is 0 Å². The lowest BCUT2D eigenvalue weighted by molar-refractivity contribution is -0.117. The van der Waals surface area contributed by atoms with Crippen molar-refractivity contribution < 1.29 is 27.7 Å². The van der Waals surface area contributed by atoms with Crippen molar-refractivity contribution in [2.24, 2.45) is 5.16 Å². The van der Waals surface area contributed by atoms with E-state index in [2.05, 4.69) is 5.16 Å². The summed E-state index contributed by atoms with van der Waals surface area (Å²) in [5.74, 6) is -0.745. The number of carbonyl (C=O) groups excluding carboxylic acids is 2. The Bertz CT molecular complexity index is 1040. The molecule has 3 rings (SSSR count). The van der Waals surface area contributed by atoms with Crippen molar-refractivity contribution in [1.82, 2.24) is 5.06 Å². The van der Waals surface area contributed by atoms with Gasteiger partial charge in [0, 0.05) is 31.0 Å². The predicted octanol–water partition coefficient (Wildman–Crippen LogP) is 2.21. The first-order valence-electron chi connectivity index (χ1n) is 9.28. The number of nitrogens with zero attached hydrogens (tertiary/aromatic N) is 2. The molecule has 156 valence electrons. The topological polar surface area (TPSA) is 102 Å². The van der Waals surface area contributed by atoms with Gasteiger partial charge in [-0.2, -0.15) is 0 Å². The van der Waals surface area contributed by atoms with Crippen molar-refractivity contribution >= 4 is 27.1 Å². The van der Waals surface area contributed by atoms with Crippen molar-refractivity contribution in [1.29, 1.82) is 0 Å². The van der Waals surface area contributed by atoms with Crippen molar-refractivity contribution in [3.8, 4) is 0 Å². The van der Waals surface area contributed by atoms with Gasteiger partial charge in [0.2, 0.25) is 0 Å². The van der Waals surface area contributed by atoms with E-state index in [4.69, 9.17) is 9.68 Å². The van der Waals surface area contributed by atoms with E-state index >= 15 is 0 Å². The fraction of sp³-hybridized carbons (Fsp3) is 0.450. The van der Waals surface area contributed by atoms with Crippen LogP contribution >= 0.6 is 0 Å². The fourth-order valence-electron chi connectivity index (χ4n) is 3.86. The molecule has 0 amide bonds. The number of benzene rings is 1. The average Bonchev–Trinajstić information content (AvgIpc) is 2.69. The monoisotopic (exact) mass is 420 g/mol. The summed E-state index contributed by atoms with van der Waals surface area (Å²) in [4.78, 5) is 36.2. The molecule has 1 aliphatic carbocycles. The zero-order chi connectivity index (χ0) is 21.3. The van der Waals surface area contributed by atoms with E-state index in [1.54, 1.807) is 14.0 Å². The van der Waals surface area contributed by atoms with E-state index in [1.165, 1.54) is 31.4 Å². The minimum absolute atomic E-state index is 0.0681. The highest BCUT2D eigenvalue weighted by atomic mass is 32.2. The van der Waals surface area contributed by atoms with E-state index in [1.807, 2.05) is 0 Å². The van der Waals surface area contributed by atoms with Crippen LogP contribution in [0.3, 0.4) is 0 Å². The third kappa shape index (κ3) is 3.72. The third-order valence-electron chi connectivity index (χ3n) is 5.37. The second kappa shape index (κ2) is 8.08. The van der Waals surface area contributed by atoms with Crippen LogP contribution in [0.2, 0.25) is 0 Å². The maximum atomic E-state index is 13.4. The number of allylic oxidation sites excluding steroid dienone is 2. The van der Waals surface area contributed by atoms with Gasteiger partial charge in [-0.25, -0.2) is 8.42 Å². The highest BCUT2D eigenvalue weighted by Crippen LogP contribution is 2.33. The van der Waals surface area contributed by atoms with Gasteiger partial charge in [-0.05, 0) is 37.5 Å². The van der Waals surface area contributed by atoms with E-state index in [0.717, 1.165) is 0 Å². The largest absolute Gasteiger partial charge is 0.399 e. The minimum Gasteiger partial charge on any atom is -0.399 e. The molecule has 1 aromatic rings. The number of sulfone groups is 1. The van der Waals surface area contributed by atoms with Crippen molar-refractivity contribution in [3.05, 3.63) is 40.1 Å². The molecule has 0 saturated carbocycles. The number of rotatable bonds is 5. The molecule has 0 unspecified atom stereocenters. The Morgan fingerprint density at radius 2 is 1.90 bits per heavy atom. The lowest BCUT2D eigenvalue weighted by atomic mass is 9.86. The number of ketones is 2. The molecular weight excluding hydrogens is 396 g/mol. The first-order valence-corrected chi connectivity index (χ1v) is 10.9. The highest BCUT2D eigenvalue weighted by Gasteiger charge is 2.34. The van der Waals surface area contributed by atoms with Crippen molar-refractivity contribution in [3.63, 3.8) is 0 Å². The van der Waals surface area contributed by atoms with Gasteiger partial charge < -0.3 is 4.84 Å². The Morgan fingerprint density at radius 1 is 1.17 bits per heavy atom. The summed E-state index contributed by atoms with van der Waals surface area (Å²) in [6.07, 6.45) is 1.68. The molecule has 0 atom stereocenters. The van der Waals surface area contributed by atoms with Crippen LogP contribution in [-0.2, 0) is 24.3 Å². The highest BCUT2D eigenvalue weighted by molar-refractivity contribution is 7.91. The zero-order valence-electron chi connectivity index (χ0n) is 16.9. The number of fused-ring (bicyclic) bond motifs is 1. The molecule has 0 saturated heterocycles. The fourth-order valence-corrected chi connectivity index (χ4v) is 5.40. The van der Waals surface area contributed by atoms with Gasteiger partial charge in [-0.3, -0.25) is 19.5 Å². The van der Waals surface area contributed by atoms with Gasteiger partial charge >= 0.3 is 0 Å². The standard InChI is InChI=1S/C20H24N2O6S/c1-12-13(20(24)19-15(22(2)28-4)6-5-7-16(19)23)8-9-17-18(12)14(21-27-3)10-11-29(17,25)26/h8-9H,5-7,10-11H2,1-4H3/b21-14+. The molecule has 1 aliphatic heterocycles. The summed E-state index contributed by atoms with van der Waals surface area (Å²) in [6, 6.07) is 2.89. The third-order valence-corrected chi connectivity index (χ3v) is 7.12. The van der Waals surface area contributed by atoms with Crippen LogP contribution in [0.4, 0.5) is 0 Å². The molecule has 2 aliphatic rings. The SMILES string of the molecule is CO/N=C1\CCS(=O)(=O)c2ccc(C(=O)C3=C(N(C)OC)CCCC3=O)c(C)c21. The molecule has 1 heterocycles. The van der Waals surface area contributed by atoms with Crippen LogP contribution in [0, 0.1) is 6.92 Å². The summed E-state index contributed by atoms with van der Waals surface area (Å²) in [5.41, 5.74) is 2.22. The van der Waals surface area contributed by atoms with Crippen molar-refractivity contribution in [2.45, 2.75) is 37.5 Å². The van der Waals surface area contributed by atoms with Crippen LogP contribution in [0.25, 0.3) is 0 Å². The number of hydrogen-bond donors (Lipinski definition) is 0. The summed E-state index contributed by atoms with van der Waals surface area (Å²) < 4.78 is 25.0. The minimum atomic E-state index is -3.48. The molecule has 0 spiro atoms. The molecule has 0 aromatic heterocycles. The van der Waals surface area contributed by atoms with Gasteiger partial charge in [0.15, 0.2) is 21.4 Å².